The number of rotatable bonds is 6. The molecule has 0 spiro atoms. The van der Waals surface area contributed by atoms with Crippen molar-refractivity contribution in [3.8, 4) is 0 Å². The number of para-hydroxylation sites is 2. The number of benzene rings is 1. The highest BCUT2D eigenvalue weighted by Gasteiger charge is 2.10. The molecule has 2 aromatic heterocycles. The number of thiazole rings is 1. The van der Waals surface area contributed by atoms with E-state index in [0.717, 1.165) is 21.9 Å². The maximum Gasteiger partial charge on any atom is 0.178 e. The highest BCUT2D eigenvalue weighted by molar-refractivity contribution is 7.10. The molecule has 0 fully saturated rings. The molecule has 4 nitrogen and oxygen atoms in total. The second kappa shape index (κ2) is 7.85. The van der Waals surface area contributed by atoms with Gasteiger partial charge in [0.1, 0.15) is 10.8 Å². The molecule has 0 amide bonds. The molecular weight excluding hydrogens is 330 g/mol. The Balaban J connectivity index is 1.74. The standard InChI is InChI=1S/C20H19N3OS/c1-15(2)23-18-9-5-4-8-17(18)22-19(23)12-11-16(24)7-3-6-10-20-21-13-14-25-20/h3-15H,1-2H3/b7-3+,10-6+,12-11+. The van der Waals surface area contributed by atoms with Gasteiger partial charge in [-0.15, -0.1) is 11.3 Å². The minimum atomic E-state index is -0.0776. The maximum absolute atomic E-state index is 12.0. The lowest BCUT2D eigenvalue weighted by atomic mass is 10.3. The van der Waals surface area contributed by atoms with Crippen LogP contribution in [0.25, 0.3) is 23.2 Å². The predicted molar refractivity (Wildman–Crippen MR) is 104 cm³/mol. The van der Waals surface area contributed by atoms with Gasteiger partial charge >= 0.3 is 0 Å². The quantitative estimate of drug-likeness (QED) is 0.468. The number of aromatic nitrogens is 3. The average molecular weight is 349 g/mol. The number of ketones is 1. The van der Waals surface area contributed by atoms with Crippen molar-refractivity contribution < 1.29 is 4.79 Å². The van der Waals surface area contributed by atoms with Crippen molar-refractivity contribution in [3.63, 3.8) is 0 Å². The molecule has 0 saturated carbocycles. The Bertz CT molecular complexity index is 947. The van der Waals surface area contributed by atoms with E-state index in [2.05, 4.69) is 28.4 Å². The molecule has 0 aliphatic heterocycles. The van der Waals surface area contributed by atoms with Gasteiger partial charge in [0, 0.05) is 17.6 Å². The number of nitrogens with zero attached hydrogens (tertiary/aromatic N) is 3. The van der Waals surface area contributed by atoms with Crippen molar-refractivity contribution >= 4 is 40.3 Å². The Morgan fingerprint density at radius 2 is 2.00 bits per heavy atom. The van der Waals surface area contributed by atoms with Crippen LogP contribution in [-0.4, -0.2) is 20.3 Å². The molecule has 0 radical (unpaired) electrons. The second-order valence-corrected chi connectivity index (χ2v) is 6.67. The highest BCUT2D eigenvalue weighted by atomic mass is 32.1. The summed E-state index contributed by atoms with van der Waals surface area (Å²) in [7, 11) is 0. The lowest BCUT2D eigenvalue weighted by molar-refractivity contribution is -0.110. The van der Waals surface area contributed by atoms with E-state index >= 15 is 0 Å². The molecular formula is C20H19N3OS. The fourth-order valence-corrected chi connectivity index (χ4v) is 3.08. The van der Waals surface area contributed by atoms with Crippen molar-refractivity contribution in [3.05, 3.63) is 71.0 Å². The lowest BCUT2D eigenvalue weighted by Gasteiger charge is -2.10. The minimum absolute atomic E-state index is 0.0776. The second-order valence-electron chi connectivity index (χ2n) is 5.75. The number of fused-ring (bicyclic) bond motifs is 1. The van der Waals surface area contributed by atoms with Crippen molar-refractivity contribution in [1.29, 1.82) is 0 Å². The van der Waals surface area contributed by atoms with Gasteiger partial charge in [-0.3, -0.25) is 4.79 Å². The number of carbonyl (C=O) groups excluding carboxylic acids is 1. The normalized spacial score (nSPS) is 12.4. The molecule has 126 valence electrons. The van der Waals surface area contributed by atoms with Crippen molar-refractivity contribution in [2.45, 2.75) is 19.9 Å². The highest BCUT2D eigenvalue weighted by Crippen LogP contribution is 2.21. The van der Waals surface area contributed by atoms with Gasteiger partial charge in [0.2, 0.25) is 0 Å². The van der Waals surface area contributed by atoms with Gasteiger partial charge in [-0.1, -0.05) is 24.3 Å². The van der Waals surface area contributed by atoms with Crippen LogP contribution >= 0.6 is 11.3 Å². The first kappa shape index (κ1) is 17.0. The largest absolute Gasteiger partial charge is 0.322 e. The molecule has 0 aliphatic rings. The summed E-state index contributed by atoms with van der Waals surface area (Å²) in [5.41, 5.74) is 2.01. The van der Waals surface area contributed by atoms with Crippen molar-refractivity contribution in [2.24, 2.45) is 0 Å². The Kier molecular flexibility index (Phi) is 5.36. The van der Waals surface area contributed by atoms with E-state index in [0.29, 0.717) is 0 Å². The molecule has 5 heteroatoms. The third-order valence-electron chi connectivity index (χ3n) is 3.60. The summed E-state index contributed by atoms with van der Waals surface area (Å²) in [5, 5.41) is 2.83. The first-order valence-electron chi connectivity index (χ1n) is 8.08. The first-order chi connectivity index (χ1) is 12.1. The van der Waals surface area contributed by atoms with E-state index < -0.39 is 0 Å². The number of carbonyl (C=O) groups is 1. The summed E-state index contributed by atoms with van der Waals surface area (Å²) < 4.78 is 2.13. The van der Waals surface area contributed by atoms with Crippen LogP contribution in [0.3, 0.4) is 0 Å². The van der Waals surface area contributed by atoms with Crippen molar-refractivity contribution in [1.82, 2.24) is 14.5 Å². The zero-order valence-electron chi connectivity index (χ0n) is 14.2. The van der Waals surface area contributed by atoms with Crippen LogP contribution in [0.4, 0.5) is 0 Å². The van der Waals surface area contributed by atoms with Gasteiger partial charge < -0.3 is 4.57 Å². The maximum atomic E-state index is 12.0. The van der Waals surface area contributed by atoms with Crippen molar-refractivity contribution in [2.75, 3.05) is 0 Å². The van der Waals surface area contributed by atoms with Gasteiger partial charge in [-0.05, 0) is 50.3 Å². The van der Waals surface area contributed by atoms with Crippen LogP contribution in [0.2, 0.25) is 0 Å². The molecule has 3 aromatic rings. The summed E-state index contributed by atoms with van der Waals surface area (Å²) >= 11 is 1.55. The average Bonchev–Trinajstić information content (AvgIpc) is 3.23. The number of hydrogen-bond acceptors (Lipinski definition) is 4. The minimum Gasteiger partial charge on any atom is -0.322 e. The Morgan fingerprint density at radius 1 is 1.16 bits per heavy atom. The smallest absolute Gasteiger partial charge is 0.178 e. The van der Waals surface area contributed by atoms with E-state index in [1.807, 2.05) is 41.8 Å². The van der Waals surface area contributed by atoms with Crippen LogP contribution in [0, 0.1) is 0 Å². The summed E-state index contributed by atoms with van der Waals surface area (Å²) in [6.45, 7) is 4.22. The van der Waals surface area contributed by atoms with Gasteiger partial charge in [0.15, 0.2) is 5.78 Å². The van der Waals surface area contributed by atoms with Crippen LogP contribution < -0.4 is 0 Å². The fraction of sp³-hybridized carbons (Fsp3) is 0.150. The molecule has 1 aromatic carbocycles. The first-order valence-corrected chi connectivity index (χ1v) is 8.96. The molecule has 0 atom stereocenters. The molecule has 0 bridgehead atoms. The van der Waals surface area contributed by atoms with Gasteiger partial charge in [0.25, 0.3) is 0 Å². The van der Waals surface area contributed by atoms with E-state index in [1.165, 1.54) is 6.08 Å². The Labute approximate surface area is 150 Å². The number of imidazole rings is 1. The zero-order chi connectivity index (χ0) is 17.6. The SMILES string of the molecule is CC(C)n1c(/C=C/C(=O)/C=C/C=C/c2nccs2)nc2ccccc21. The molecule has 0 unspecified atom stereocenters. The van der Waals surface area contributed by atoms with Gasteiger partial charge in [-0.25, -0.2) is 9.97 Å². The molecule has 0 aliphatic carbocycles. The topological polar surface area (TPSA) is 47.8 Å². The van der Waals surface area contributed by atoms with Crippen LogP contribution in [0.5, 0.6) is 0 Å². The number of hydrogen-bond donors (Lipinski definition) is 0. The van der Waals surface area contributed by atoms with Crippen LogP contribution in [-0.2, 0) is 4.79 Å². The summed E-state index contributed by atoms with van der Waals surface area (Å²) in [4.78, 5) is 20.8. The lowest BCUT2D eigenvalue weighted by Crippen LogP contribution is -2.03. The van der Waals surface area contributed by atoms with Crippen LogP contribution in [0.1, 0.15) is 30.7 Å². The molecule has 3 rings (SSSR count). The Morgan fingerprint density at radius 3 is 2.76 bits per heavy atom. The van der Waals surface area contributed by atoms with E-state index in [-0.39, 0.29) is 11.8 Å². The molecule has 25 heavy (non-hydrogen) atoms. The zero-order valence-corrected chi connectivity index (χ0v) is 15.0. The molecule has 0 N–H and O–H groups in total. The third-order valence-corrected chi connectivity index (χ3v) is 4.34. The van der Waals surface area contributed by atoms with Crippen LogP contribution in [0.15, 0.2) is 60.1 Å². The van der Waals surface area contributed by atoms with Gasteiger partial charge in [-0.2, -0.15) is 0 Å². The predicted octanol–water partition coefficient (Wildman–Crippen LogP) is 4.93. The van der Waals surface area contributed by atoms with Gasteiger partial charge in [0.05, 0.1) is 11.0 Å². The molecule has 2 heterocycles. The summed E-state index contributed by atoms with van der Waals surface area (Å²) in [6, 6.07) is 8.26. The summed E-state index contributed by atoms with van der Waals surface area (Å²) in [5.74, 6) is 0.711. The van der Waals surface area contributed by atoms with E-state index in [4.69, 9.17) is 0 Å². The third kappa shape index (κ3) is 4.19. The molecule has 0 saturated heterocycles. The van der Waals surface area contributed by atoms with E-state index in [9.17, 15) is 4.79 Å². The monoisotopic (exact) mass is 349 g/mol. The van der Waals surface area contributed by atoms with E-state index in [1.54, 1.807) is 35.8 Å². The summed E-state index contributed by atoms with van der Waals surface area (Å²) in [6.07, 6.45) is 12.0. The Hall–Kier alpha value is -2.79. The number of allylic oxidation sites excluding steroid dienone is 4. The fourth-order valence-electron chi connectivity index (χ4n) is 2.54.